The summed E-state index contributed by atoms with van der Waals surface area (Å²) in [5.74, 6) is 0. The van der Waals surface area contributed by atoms with Crippen molar-refractivity contribution in [3.8, 4) is 0 Å². The van der Waals surface area contributed by atoms with Crippen LogP contribution in [-0.4, -0.2) is 43.0 Å². The predicted octanol–water partition coefficient (Wildman–Crippen LogP) is -0.754. The van der Waals surface area contributed by atoms with Crippen molar-refractivity contribution in [3.05, 3.63) is 0 Å². The summed E-state index contributed by atoms with van der Waals surface area (Å²) in [5, 5.41) is 13.3. The molecule has 10 heavy (non-hydrogen) atoms. The van der Waals surface area contributed by atoms with E-state index in [1.54, 1.807) is 0 Å². The lowest BCUT2D eigenvalue weighted by Crippen LogP contribution is -2.33. The fourth-order valence-electron chi connectivity index (χ4n) is 0.646. The molecule has 0 saturated carbocycles. The second-order valence-corrected chi connectivity index (χ2v) is 2.10. The second-order valence-electron chi connectivity index (χ2n) is 2.10. The van der Waals surface area contributed by atoms with Crippen molar-refractivity contribution in [1.82, 2.24) is 10.4 Å². The van der Waals surface area contributed by atoms with Gasteiger partial charge >= 0.3 is 0 Å². The first-order chi connectivity index (χ1) is 4.81. The molecule has 0 aromatic carbocycles. The minimum atomic E-state index is 0.503. The maximum absolute atomic E-state index is 8.99. The third kappa shape index (κ3) is 5.97. The topological polar surface area (TPSA) is 61.5 Å². The quantitative estimate of drug-likeness (QED) is 0.341. The molecule has 0 fully saturated rings. The molecule has 4 nitrogen and oxygen atoms in total. The first-order valence-corrected chi connectivity index (χ1v) is 3.65. The van der Waals surface area contributed by atoms with Gasteiger partial charge in [0.05, 0.1) is 0 Å². The normalized spacial score (nSPS) is 10.8. The summed E-state index contributed by atoms with van der Waals surface area (Å²) in [6, 6.07) is 0. The molecule has 4 N–H and O–H groups in total. The van der Waals surface area contributed by atoms with Crippen LogP contribution in [0.2, 0.25) is 0 Å². The SMILES string of the molecule is CCNCCN(O)CCN. The summed E-state index contributed by atoms with van der Waals surface area (Å²) in [6.45, 7) is 5.48. The average Bonchev–Trinajstić information content (AvgIpc) is 1.89. The van der Waals surface area contributed by atoms with E-state index in [9.17, 15) is 0 Å². The highest BCUT2D eigenvalue weighted by molar-refractivity contribution is 4.48. The third-order valence-corrected chi connectivity index (χ3v) is 1.18. The number of hydrogen-bond donors (Lipinski definition) is 3. The molecular formula is C6H17N3O. The zero-order chi connectivity index (χ0) is 7.82. The van der Waals surface area contributed by atoms with Crippen LogP contribution in [0, 0.1) is 0 Å². The van der Waals surface area contributed by atoms with Crippen LogP contribution in [0.1, 0.15) is 6.92 Å². The Morgan fingerprint density at radius 2 is 2.20 bits per heavy atom. The van der Waals surface area contributed by atoms with Gasteiger partial charge in [0, 0.05) is 26.2 Å². The van der Waals surface area contributed by atoms with Crippen LogP contribution in [0.25, 0.3) is 0 Å². The van der Waals surface area contributed by atoms with Gasteiger partial charge < -0.3 is 16.3 Å². The van der Waals surface area contributed by atoms with Crippen LogP contribution < -0.4 is 11.1 Å². The lowest BCUT2D eigenvalue weighted by Gasteiger charge is -2.12. The highest BCUT2D eigenvalue weighted by Crippen LogP contribution is 1.75. The van der Waals surface area contributed by atoms with Crippen molar-refractivity contribution < 1.29 is 5.21 Å². The minimum Gasteiger partial charge on any atom is -0.329 e. The van der Waals surface area contributed by atoms with Crippen LogP contribution in [0.15, 0.2) is 0 Å². The highest BCUT2D eigenvalue weighted by atomic mass is 16.5. The fraction of sp³-hybridized carbons (Fsp3) is 1.00. The molecule has 0 heterocycles. The van der Waals surface area contributed by atoms with E-state index in [4.69, 9.17) is 10.9 Å². The van der Waals surface area contributed by atoms with Crippen molar-refractivity contribution in [2.45, 2.75) is 6.92 Å². The summed E-state index contributed by atoms with van der Waals surface area (Å²) >= 11 is 0. The molecule has 0 aliphatic carbocycles. The number of likely N-dealkylation sites (N-methyl/N-ethyl adjacent to an activating group) is 1. The average molecular weight is 147 g/mol. The number of nitrogens with two attached hydrogens (primary N) is 1. The van der Waals surface area contributed by atoms with E-state index in [2.05, 4.69) is 5.32 Å². The van der Waals surface area contributed by atoms with Crippen molar-refractivity contribution in [2.75, 3.05) is 32.7 Å². The van der Waals surface area contributed by atoms with Crippen molar-refractivity contribution in [2.24, 2.45) is 5.73 Å². The Bertz CT molecular complexity index is 70.0. The lowest BCUT2D eigenvalue weighted by molar-refractivity contribution is -0.0862. The van der Waals surface area contributed by atoms with Crippen LogP contribution in [-0.2, 0) is 0 Å². The smallest absolute Gasteiger partial charge is 0.0363 e. The number of hydroxylamine groups is 2. The molecule has 62 valence electrons. The van der Waals surface area contributed by atoms with Gasteiger partial charge in [-0.1, -0.05) is 6.92 Å². The summed E-state index contributed by atoms with van der Waals surface area (Å²) in [4.78, 5) is 0. The van der Waals surface area contributed by atoms with Gasteiger partial charge in [-0.2, -0.15) is 5.06 Å². The summed E-state index contributed by atoms with van der Waals surface area (Å²) < 4.78 is 0. The molecule has 0 bridgehead atoms. The molecular weight excluding hydrogens is 130 g/mol. The van der Waals surface area contributed by atoms with Gasteiger partial charge in [0.25, 0.3) is 0 Å². The van der Waals surface area contributed by atoms with Gasteiger partial charge in [-0.25, -0.2) is 0 Å². The van der Waals surface area contributed by atoms with Gasteiger partial charge in [0.2, 0.25) is 0 Å². The van der Waals surface area contributed by atoms with Gasteiger partial charge in [-0.15, -0.1) is 0 Å². The molecule has 0 aliphatic heterocycles. The fourth-order valence-corrected chi connectivity index (χ4v) is 0.646. The summed E-state index contributed by atoms with van der Waals surface area (Å²) in [5.41, 5.74) is 5.21. The van der Waals surface area contributed by atoms with Crippen LogP contribution in [0.3, 0.4) is 0 Å². The molecule has 0 radical (unpaired) electrons. The molecule has 0 atom stereocenters. The summed E-state index contributed by atoms with van der Waals surface area (Å²) in [6.07, 6.45) is 0. The van der Waals surface area contributed by atoms with Gasteiger partial charge in [0.15, 0.2) is 0 Å². The van der Waals surface area contributed by atoms with E-state index in [0.29, 0.717) is 19.6 Å². The number of hydrogen-bond acceptors (Lipinski definition) is 4. The Labute approximate surface area is 62.0 Å². The Morgan fingerprint density at radius 3 is 2.70 bits per heavy atom. The largest absolute Gasteiger partial charge is 0.329 e. The van der Waals surface area contributed by atoms with E-state index >= 15 is 0 Å². The van der Waals surface area contributed by atoms with Gasteiger partial charge in [-0.3, -0.25) is 0 Å². The second kappa shape index (κ2) is 6.95. The molecule has 0 aromatic heterocycles. The summed E-state index contributed by atoms with van der Waals surface area (Å²) in [7, 11) is 0. The van der Waals surface area contributed by atoms with Crippen molar-refractivity contribution in [3.63, 3.8) is 0 Å². The zero-order valence-corrected chi connectivity index (χ0v) is 6.51. The van der Waals surface area contributed by atoms with E-state index < -0.39 is 0 Å². The molecule has 0 saturated heterocycles. The molecule has 4 heteroatoms. The molecule has 0 rings (SSSR count). The van der Waals surface area contributed by atoms with E-state index in [-0.39, 0.29) is 0 Å². The van der Waals surface area contributed by atoms with Gasteiger partial charge in [-0.05, 0) is 6.54 Å². The van der Waals surface area contributed by atoms with E-state index in [0.717, 1.165) is 13.1 Å². The van der Waals surface area contributed by atoms with E-state index in [1.807, 2.05) is 6.92 Å². The Kier molecular flexibility index (Phi) is 6.84. The first kappa shape index (κ1) is 9.84. The van der Waals surface area contributed by atoms with Crippen molar-refractivity contribution in [1.29, 1.82) is 0 Å². The third-order valence-electron chi connectivity index (χ3n) is 1.18. The Balaban J connectivity index is 2.97. The number of rotatable bonds is 6. The maximum atomic E-state index is 8.99. The standard InChI is InChI=1S/C6H17N3O/c1-2-8-4-6-9(10)5-3-7/h8,10H,2-7H2,1H3. The number of nitrogens with zero attached hydrogens (tertiary/aromatic N) is 1. The number of nitrogens with one attached hydrogen (secondary N) is 1. The lowest BCUT2D eigenvalue weighted by atomic mass is 10.5. The molecule has 0 unspecified atom stereocenters. The monoisotopic (exact) mass is 147 g/mol. The highest BCUT2D eigenvalue weighted by Gasteiger charge is 1.95. The maximum Gasteiger partial charge on any atom is 0.0363 e. The Hall–Kier alpha value is -0.160. The predicted molar refractivity (Wildman–Crippen MR) is 41.0 cm³/mol. The van der Waals surface area contributed by atoms with Crippen molar-refractivity contribution >= 4 is 0 Å². The van der Waals surface area contributed by atoms with Gasteiger partial charge in [0.1, 0.15) is 0 Å². The van der Waals surface area contributed by atoms with Crippen LogP contribution >= 0.6 is 0 Å². The first-order valence-electron chi connectivity index (χ1n) is 3.65. The molecule has 0 aliphatic rings. The minimum absolute atomic E-state index is 0.503. The molecule has 0 spiro atoms. The van der Waals surface area contributed by atoms with Crippen LogP contribution in [0.4, 0.5) is 0 Å². The van der Waals surface area contributed by atoms with Crippen LogP contribution in [0.5, 0.6) is 0 Å². The molecule has 0 amide bonds. The Morgan fingerprint density at radius 1 is 1.50 bits per heavy atom. The van der Waals surface area contributed by atoms with E-state index in [1.165, 1.54) is 5.06 Å². The zero-order valence-electron chi connectivity index (χ0n) is 6.51. The molecule has 0 aromatic rings.